The van der Waals surface area contributed by atoms with Gasteiger partial charge in [0.25, 0.3) is 5.69 Å². The predicted molar refractivity (Wildman–Crippen MR) is 91.2 cm³/mol. The summed E-state index contributed by atoms with van der Waals surface area (Å²) < 4.78 is 0. The van der Waals surface area contributed by atoms with Crippen molar-refractivity contribution in [2.45, 2.75) is 51.9 Å². The summed E-state index contributed by atoms with van der Waals surface area (Å²) in [5, 5.41) is 10.7. The molecule has 0 bridgehead atoms. The van der Waals surface area contributed by atoms with Crippen molar-refractivity contribution in [3.8, 4) is 11.4 Å². The number of hydrogen-bond acceptors (Lipinski definition) is 4. The molecule has 0 aliphatic heterocycles. The summed E-state index contributed by atoms with van der Waals surface area (Å²) in [6.07, 6.45) is 12.4. The van der Waals surface area contributed by atoms with Gasteiger partial charge in [-0.2, -0.15) is 0 Å². The molecule has 0 spiro atoms. The van der Waals surface area contributed by atoms with Crippen LogP contribution in [0.5, 0.6) is 0 Å². The van der Waals surface area contributed by atoms with E-state index in [1.807, 2.05) is 12.4 Å². The Morgan fingerprint density at radius 1 is 0.957 bits per heavy atom. The van der Waals surface area contributed by atoms with Crippen molar-refractivity contribution in [1.29, 1.82) is 0 Å². The van der Waals surface area contributed by atoms with Crippen LogP contribution < -0.4 is 0 Å². The highest BCUT2D eigenvalue weighted by Crippen LogP contribution is 2.19. The van der Waals surface area contributed by atoms with Crippen molar-refractivity contribution in [2.75, 3.05) is 0 Å². The summed E-state index contributed by atoms with van der Waals surface area (Å²) >= 11 is 0. The van der Waals surface area contributed by atoms with Gasteiger partial charge in [-0.3, -0.25) is 10.1 Å². The topological polar surface area (TPSA) is 68.9 Å². The molecule has 1 aromatic heterocycles. The average molecular weight is 313 g/mol. The smallest absolute Gasteiger partial charge is 0.258 e. The van der Waals surface area contributed by atoms with E-state index in [9.17, 15) is 10.1 Å². The summed E-state index contributed by atoms with van der Waals surface area (Å²) in [4.78, 5) is 19.0. The van der Waals surface area contributed by atoms with Gasteiger partial charge < -0.3 is 0 Å². The fraction of sp³-hybridized carbons (Fsp3) is 0.444. The molecule has 23 heavy (non-hydrogen) atoms. The molecule has 0 aliphatic carbocycles. The first-order valence-corrected chi connectivity index (χ1v) is 8.26. The molecule has 5 heteroatoms. The number of aromatic nitrogens is 2. The molecular weight excluding hydrogens is 290 g/mol. The van der Waals surface area contributed by atoms with E-state index in [1.165, 1.54) is 50.7 Å². The first-order valence-electron chi connectivity index (χ1n) is 8.26. The third-order valence-corrected chi connectivity index (χ3v) is 3.86. The molecule has 1 heterocycles. The molecule has 2 rings (SSSR count). The lowest BCUT2D eigenvalue weighted by Crippen LogP contribution is -1.94. The van der Waals surface area contributed by atoms with E-state index in [1.54, 1.807) is 12.1 Å². The van der Waals surface area contributed by atoms with Crippen LogP contribution in [0.1, 0.15) is 51.0 Å². The Hall–Kier alpha value is -2.30. The number of nitro benzene ring substituents is 1. The van der Waals surface area contributed by atoms with Crippen LogP contribution in [0.2, 0.25) is 0 Å². The van der Waals surface area contributed by atoms with Crippen LogP contribution in [0.15, 0.2) is 36.7 Å². The van der Waals surface area contributed by atoms with Crippen LogP contribution in [-0.2, 0) is 6.42 Å². The Balaban J connectivity index is 1.85. The van der Waals surface area contributed by atoms with Crippen LogP contribution in [0.3, 0.4) is 0 Å². The molecule has 0 atom stereocenters. The molecule has 0 saturated carbocycles. The van der Waals surface area contributed by atoms with Crippen molar-refractivity contribution >= 4 is 5.69 Å². The van der Waals surface area contributed by atoms with E-state index in [4.69, 9.17) is 0 Å². The minimum atomic E-state index is -0.408. The van der Waals surface area contributed by atoms with E-state index in [0.29, 0.717) is 5.82 Å². The van der Waals surface area contributed by atoms with Gasteiger partial charge in [0, 0.05) is 30.1 Å². The highest BCUT2D eigenvalue weighted by molar-refractivity contribution is 5.56. The second kappa shape index (κ2) is 8.98. The zero-order chi connectivity index (χ0) is 16.5. The van der Waals surface area contributed by atoms with E-state index in [2.05, 4.69) is 16.9 Å². The predicted octanol–water partition coefficient (Wildman–Crippen LogP) is 4.95. The van der Waals surface area contributed by atoms with Crippen LogP contribution >= 0.6 is 0 Å². The molecule has 5 nitrogen and oxygen atoms in total. The first-order chi connectivity index (χ1) is 11.2. The van der Waals surface area contributed by atoms with Gasteiger partial charge in [-0.25, -0.2) is 9.97 Å². The maximum atomic E-state index is 10.7. The number of non-ortho nitro benzene ring substituents is 1. The molecule has 0 fully saturated rings. The lowest BCUT2D eigenvalue weighted by atomic mass is 10.1. The Morgan fingerprint density at radius 2 is 1.57 bits per heavy atom. The monoisotopic (exact) mass is 313 g/mol. The summed E-state index contributed by atoms with van der Waals surface area (Å²) in [6.45, 7) is 2.23. The van der Waals surface area contributed by atoms with Crippen molar-refractivity contribution in [3.63, 3.8) is 0 Å². The molecule has 122 valence electrons. The normalized spacial score (nSPS) is 10.7. The minimum absolute atomic E-state index is 0.0773. The number of rotatable bonds is 9. The Bertz CT molecular complexity index is 609. The molecule has 0 N–H and O–H groups in total. The SMILES string of the molecule is CCCCCCCCc1cnc(-c2ccc([N+](=O)[O-])cc2)nc1. The second-order valence-corrected chi connectivity index (χ2v) is 5.74. The van der Waals surface area contributed by atoms with Crippen LogP contribution in [0.25, 0.3) is 11.4 Å². The average Bonchev–Trinajstić information content (AvgIpc) is 2.58. The number of nitro groups is 1. The molecule has 0 saturated heterocycles. The lowest BCUT2D eigenvalue weighted by Gasteiger charge is -2.03. The van der Waals surface area contributed by atoms with Gasteiger partial charge in [-0.15, -0.1) is 0 Å². The van der Waals surface area contributed by atoms with Gasteiger partial charge in [0.1, 0.15) is 0 Å². The lowest BCUT2D eigenvalue weighted by molar-refractivity contribution is -0.384. The Kier molecular flexibility index (Phi) is 6.66. The quantitative estimate of drug-likeness (QED) is 0.373. The summed E-state index contributed by atoms with van der Waals surface area (Å²) in [7, 11) is 0. The van der Waals surface area contributed by atoms with Gasteiger partial charge in [-0.1, -0.05) is 39.0 Å². The molecule has 0 aliphatic rings. The highest BCUT2D eigenvalue weighted by Gasteiger charge is 2.07. The fourth-order valence-corrected chi connectivity index (χ4v) is 2.47. The van der Waals surface area contributed by atoms with Gasteiger partial charge in [0.05, 0.1) is 4.92 Å². The molecule has 0 unspecified atom stereocenters. The standard InChI is InChI=1S/C18H23N3O2/c1-2-3-4-5-6-7-8-15-13-19-18(20-14-15)16-9-11-17(12-10-16)21(22)23/h9-14H,2-8H2,1H3. The number of unbranched alkanes of at least 4 members (excludes halogenated alkanes) is 5. The molecule has 1 aromatic carbocycles. The summed E-state index contributed by atoms with van der Waals surface area (Å²) in [6, 6.07) is 6.31. The van der Waals surface area contributed by atoms with Gasteiger partial charge in [-0.05, 0) is 30.5 Å². The van der Waals surface area contributed by atoms with Crippen LogP contribution in [-0.4, -0.2) is 14.9 Å². The van der Waals surface area contributed by atoms with Crippen LogP contribution in [0, 0.1) is 10.1 Å². The van der Waals surface area contributed by atoms with Gasteiger partial charge in [0.15, 0.2) is 5.82 Å². The van der Waals surface area contributed by atoms with Crippen molar-refractivity contribution < 1.29 is 4.92 Å². The molecule has 2 aromatic rings. The zero-order valence-electron chi connectivity index (χ0n) is 13.6. The Labute approximate surface area is 137 Å². The summed E-state index contributed by atoms with van der Waals surface area (Å²) in [5.74, 6) is 0.603. The van der Waals surface area contributed by atoms with Gasteiger partial charge in [0.2, 0.25) is 0 Å². The van der Waals surface area contributed by atoms with Crippen molar-refractivity contribution in [1.82, 2.24) is 9.97 Å². The molecular formula is C18H23N3O2. The maximum Gasteiger partial charge on any atom is 0.269 e. The fourth-order valence-electron chi connectivity index (χ4n) is 2.47. The van der Waals surface area contributed by atoms with Crippen molar-refractivity contribution in [2.24, 2.45) is 0 Å². The minimum Gasteiger partial charge on any atom is -0.258 e. The second-order valence-electron chi connectivity index (χ2n) is 5.74. The number of benzene rings is 1. The number of nitrogens with zero attached hydrogens (tertiary/aromatic N) is 3. The number of aryl methyl sites for hydroxylation is 1. The van der Waals surface area contributed by atoms with Crippen molar-refractivity contribution in [3.05, 3.63) is 52.3 Å². The molecule has 0 radical (unpaired) electrons. The summed E-state index contributed by atoms with van der Waals surface area (Å²) in [5.41, 5.74) is 2.02. The third kappa shape index (κ3) is 5.43. The number of hydrogen-bond donors (Lipinski definition) is 0. The van der Waals surface area contributed by atoms with E-state index < -0.39 is 4.92 Å². The van der Waals surface area contributed by atoms with E-state index in [-0.39, 0.29) is 5.69 Å². The van der Waals surface area contributed by atoms with Crippen LogP contribution in [0.4, 0.5) is 5.69 Å². The van der Waals surface area contributed by atoms with E-state index in [0.717, 1.165) is 17.5 Å². The van der Waals surface area contributed by atoms with E-state index >= 15 is 0 Å². The largest absolute Gasteiger partial charge is 0.269 e. The maximum absolute atomic E-state index is 10.7. The highest BCUT2D eigenvalue weighted by atomic mass is 16.6. The third-order valence-electron chi connectivity index (χ3n) is 3.86. The Morgan fingerprint density at radius 3 is 2.17 bits per heavy atom. The van der Waals surface area contributed by atoms with Gasteiger partial charge >= 0.3 is 0 Å². The first kappa shape index (κ1) is 17.1. The zero-order valence-corrected chi connectivity index (χ0v) is 13.6. The molecule has 0 amide bonds.